The monoisotopic (exact) mass is 532 g/mol. The highest BCUT2D eigenvalue weighted by atomic mass is 32.2. The van der Waals surface area contributed by atoms with Gasteiger partial charge in [0.2, 0.25) is 10.0 Å². The van der Waals surface area contributed by atoms with E-state index in [9.17, 15) is 13.2 Å². The lowest BCUT2D eigenvalue weighted by Crippen LogP contribution is -2.38. The molecule has 1 heterocycles. The van der Waals surface area contributed by atoms with Crippen LogP contribution in [0.5, 0.6) is 5.75 Å². The fourth-order valence-corrected chi connectivity index (χ4v) is 6.08. The van der Waals surface area contributed by atoms with Gasteiger partial charge in [0.1, 0.15) is 11.3 Å². The minimum absolute atomic E-state index is 0.178. The van der Waals surface area contributed by atoms with Crippen LogP contribution in [0.3, 0.4) is 0 Å². The third-order valence-corrected chi connectivity index (χ3v) is 9.15. The minimum atomic E-state index is -3.60. The van der Waals surface area contributed by atoms with Crippen molar-refractivity contribution < 1.29 is 17.9 Å². The van der Waals surface area contributed by atoms with Crippen LogP contribution in [0.1, 0.15) is 44.0 Å². The van der Waals surface area contributed by atoms with Crippen LogP contribution in [-0.2, 0) is 10.0 Å². The predicted molar refractivity (Wildman–Crippen MR) is 147 cm³/mol. The fourth-order valence-electron chi connectivity index (χ4n) is 3.86. The lowest BCUT2D eigenvalue weighted by molar-refractivity contribution is 0.0983. The van der Waals surface area contributed by atoms with Crippen molar-refractivity contribution in [1.29, 1.82) is 0 Å². The predicted octanol–water partition coefficient (Wildman–Crippen LogP) is 4.71. The number of hydrogen-bond donors (Lipinski definition) is 0. The van der Waals surface area contributed by atoms with Crippen LogP contribution in [-0.4, -0.2) is 75.4 Å². The molecule has 36 heavy (non-hydrogen) atoms. The number of amides is 1. The molecule has 0 atom stereocenters. The van der Waals surface area contributed by atoms with Gasteiger partial charge >= 0.3 is 0 Å². The van der Waals surface area contributed by atoms with Gasteiger partial charge in [-0.3, -0.25) is 9.69 Å². The van der Waals surface area contributed by atoms with E-state index in [1.165, 1.54) is 27.8 Å². The molecule has 0 unspecified atom stereocenters. The van der Waals surface area contributed by atoms with Gasteiger partial charge in [0.25, 0.3) is 5.91 Å². The number of unbranched alkanes of at least 4 members (excludes halogenated alkanes) is 1. The minimum Gasteiger partial charge on any atom is -0.494 e. The summed E-state index contributed by atoms with van der Waals surface area (Å²) in [7, 11) is -0.415. The van der Waals surface area contributed by atoms with Crippen LogP contribution in [0, 0.1) is 0 Å². The molecule has 10 heteroatoms. The summed E-state index contributed by atoms with van der Waals surface area (Å²) in [6.45, 7) is 9.58. The number of para-hydroxylation sites is 1. The lowest BCUT2D eigenvalue weighted by atomic mass is 10.2. The first kappa shape index (κ1) is 28.0. The molecule has 0 bridgehead atoms. The molecule has 3 aromatic rings. The molecule has 0 fully saturated rings. The molecule has 1 amide bonds. The Morgan fingerprint density at radius 2 is 1.69 bits per heavy atom. The van der Waals surface area contributed by atoms with E-state index < -0.39 is 10.0 Å². The Labute approximate surface area is 218 Å². The molecule has 1 aromatic heterocycles. The first-order valence-electron chi connectivity index (χ1n) is 12.3. The number of carbonyl (C=O) groups excluding carboxylic acids is 1. The van der Waals surface area contributed by atoms with Gasteiger partial charge < -0.3 is 9.64 Å². The maximum atomic E-state index is 13.7. The maximum absolute atomic E-state index is 13.7. The van der Waals surface area contributed by atoms with Crippen LogP contribution in [0.4, 0.5) is 5.13 Å². The molecule has 0 N–H and O–H groups in total. The van der Waals surface area contributed by atoms with Crippen molar-refractivity contribution >= 4 is 42.6 Å². The summed E-state index contributed by atoms with van der Waals surface area (Å²) in [5.41, 5.74) is 1.13. The topological polar surface area (TPSA) is 83.1 Å². The van der Waals surface area contributed by atoms with E-state index in [0.29, 0.717) is 36.1 Å². The van der Waals surface area contributed by atoms with Gasteiger partial charge in [-0.05, 0) is 55.9 Å². The molecule has 3 rings (SSSR count). The van der Waals surface area contributed by atoms with Crippen molar-refractivity contribution in [2.75, 3.05) is 51.8 Å². The molecule has 8 nitrogen and oxygen atoms in total. The van der Waals surface area contributed by atoms with Crippen molar-refractivity contribution in [2.24, 2.45) is 0 Å². The van der Waals surface area contributed by atoms with E-state index >= 15 is 0 Å². The van der Waals surface area contributed by atoms with Gasteiger partial charge in [0.15, 0.2) is 5.13 Å². The van der Waals surface area contributed by atoms with Gasteiger partial charge in [0, 0.05) is 32.2 Å². The highest BCUT2D eigenvalue weighted by Crippen LogP contribution is 2.34. The van der Waals surface area contributed by atoms with E-state index in [4.69, 9.17) is 9.72 Å². The average Bonchev–Trinajstić information content (AvgIpc) is 3.33. The number of ether oxygens (including phenoxy) is 1. The summed E-state index contributed by atoms with van der Waals surface area (Å²) in [5, 5.41) is 0.586. The summed E-state index contributed by atoms with van der Waals surface area (Å²) in [5.74, 6) is 0.441. The zero-order valence-electron chi connectivity index (χ0n) is 21.7. The van der Waals surface area contributed by atoms with E-state index in [-0.39, 0.29) is 10.8 Å². The lowest BCUT2D eigenvalue weighted by Gasteiger charge is -2.25. The normalized spacial score (nSPS) is 12.0. The second-order valence-electron chi connectivity index (χ2n) is 8.49. The van der Waals surface area contributed by atoms with Crippen molar-refractivity contribution in [1.82, 2.24) is 14.2 Å². The Bertz CT molecular complexity index is 1250. The van der Waals surface area contributed by atoms with Crippen molar-refractivity contribution in [3.63, 3.8) is 0 Å². The molecule has 0 aliphatic rings. The van der Waals surface area contributed by atoms with Gasteiger partial charge in [-0.1, -0.05) is 44.6 Å². The van der Waals surface area contributed by atoms with Crippen LogP contribution < -0.4 is 9.64 Å². The quantitative estimate of drug-likeness (QED) is 0.317. The molecule has 196 valence electrons. The second-order valence-corrected chi connectivity index (χ2v) is 11.5. The van der Waals surface area contributed by atoms with E-state index in [1.54, 1.807) is 31.2 Å². The number of benzene rings is 2. The van der Waals surface area contributed by atoms with Crippen LogP contribution in [0.25, 0.3) is 10.2 Å². The maximum Gasteiger partial charge on any atom is 0.260 e. The van der Waals surface area contributed by atoms with Crippen molar-refractivity contribution in [3.8, 4) is 5.75 Å². The zero-order valence-corrected chi connectivity index (χ0v) is 23.4. The Morgan fingerprint density at radius 1 is 1.00 bits per heavy atom. The summed E-state index contributed by atoms with van der Waals surface area (Å²) < 4.78 is 33.5. The van der Waals surface area contributed by atoms with Crippen molar-refractivity contribution in [3.05, 3.63) is 48.0 Å². The number of aromatic nitrogens is 1. The third kappa shape index (κ3) is 6.23. The Balaban J connectivity index is 1.93. The molecule has 0 spiro atoms. The highest BCUT2D eigenvalue weighted by molar-refractivity contribution is 7.89. The Kier molecular flexibility index (Phi) is 9.84. The number of rotatable bonds is 13. The first-order chi connectivity index (χ1) is 17.3. The standard InChI is InChI=1S/C26H36N4O4S2/c1-6-9-17-28(4)36(32,33)21-15-13-20(14-16-21)25(31)30(19-18-29(7-2)8-3)26-27-24-22(34-5)11-10-12-23(24)35-26/h10-16H,6-9,17-19H2,1-5H3. The SMILES string of the molecule is CCCCN(C)S(=O)(=O)c1ccc(C(=O)N(CCN(CC)CC)c2nc3c(OC)cccc3s2)cc1. The number of methoxy groups -OCH3 is 1. The molecular formula is C26H36N4O4S2. The van der Waals surface area contributed by atoms with Gasteiger partial charge in [0.05, 0.1) is 16.7 Å². The zero-order chi connectivity index (χ0) is 26.3. The van der Waals surface area contributed by atoms with Crippen molar-refractivity contribution in [2.45, 2.75) is 38.5 Å². The number of anilines is 1. The average molecular weight is 533 g/mol. The summed E-state index contributed by atoms with van der Waals surface area (Å²) in [6.07, 6.45) is 1.70. The molecular weight excluding hydrogens is 496 g/mol. The van der Waals surface area contributed by atoms with Crippen LogP contribution in [0.2, 0.25) is 0 Å². The number of thiazole rings is 1. The summed E-state index contributed by atoms with van der Waals surface area (Å²) >= 11 is 1.44. The van der Waals surface area contributed by atoms with Gasteiger partial charge in [-0.2, -0.15) is 0 Å². The second kappa shape index (κ2) is 12.6. The molecule has 0 aliphatic carbocycles. The number of fused-ring (bicyclic) bond motifs is 1. The Hall–Kier alpha value is -2.53. The molecule has 0 saturated heterocycles. The Morgan fingerprint density at radius 3 is 2.31 bits per heavy atom. The smallest absolute Gasteiger partial charge is 0.260 e. The van der Waals surface area contributed by atoms with Crippen LogP contribution in [0.15, 0.2) is 47.4 Å². The highest BCUT2D eigenvalue weighted by Gasteiger charge is 2.25. The largest absolute Gasteiger partial charge is 0.494 e. The van der Waals surface area contributed by atoms with E-state index in [2.05, 4.69) is 18.7 Å². The molecule has 0 saturated carbocycles. The van der Waals surface area contributed by atoms with Gasteiger partial charge in [-0.15, -0.1) is 0 Å². The summed E-state index contributed by atoms with van der Waals surface area (Å²) in [6, 6.07) is 11.9. The number of hydrogen-bond acceptors (Lipinski definition) is 7. The van der Waals surface area contributed by atoms with Crippen LogP contribution >= 0.6 is 11.3 Å². The molecule has 2 aromatic carbocycles. The van der Waals surface area contributed by atoms with E-state index in [1.807, 2.05) is 25.1 Å². The molecule has 0 radical (unpaired) electrons. The first-order valence-corrected chi connectivity index (χ1v) is 14.6. The number of likely N-dealkylation sites (N-methyl/N-ethyl adjacent to an activating group) is 1. The summed E-state index contributed by atoms with van der Waals surface area (Å²) in [4.78, 5) is 22.5. The van der Waals surface area contributed by atoms with E-state index in [0.717, 1.165) is 36.1 Å². The third-order valence-electron chi connectivity index (χ3n) is 6.24. The fraction of sp³-hybridized carbons (Fsp3) is 0.462. The molecule has 0 aliphatic heterocycles. The number of carbonyl (C=O) groups is 1. The number of sulfonamides is 1. The van der Waals surface area contributed by atoms with Gasteiger partial charge in [-0.25, -0.2) is 17.7 Å². The number of nitrogens with zero attached hydrogens (tertiary/aromatic N) is 4.